The number of benzene rings is 1. The molecule has 1 aromatic rings. The molecule has 0 aromatic heterocycles. The Balaban J connectivity index is 2.25. The average Bonchev–Trinajstić information content (AvgIpc) is 2.45. The van der Waals surface area contributed by atoms with E-state index < -0.39 is 5.60 Å². The summed E-state index contributed by atoms with van der Waals surface area (Å²) in [6, 6.07) is 7.80. The highest BCUT2D eigenvalue weighted by atomic mass is 35.5. The Morgan fingerprint density at radius 2 is 1.94 bits per heavy atom. The first kappa shape index (κ1) is 11.9. The Hall–Kier alpha value is -0.530. The molecule has 2 rings (SSSR count). The predicted octanol–water partition coefficient (Wildman–Crippen LogP) is 3.82. The zero-order valence-electron chi connectivity index (χ0n) is 9.96. The highest BCUT2D eigenvalue weighted by molar-refractivity contribution is 6.31. The average molecular weight is 239 g/mol. The van der Waals surface area contributed by atoms with E-state index in [4.69, 9.17) is 11.6 Å². The van der Waals surface area contributed by atoms with E-state index in [2.05, 4.69) is 13.8 Å². The molecule has 1 atom stereocenters. The minimum absolute atomic E-state index is 0.00777. The normalized spacial score (nSPS) is 28.2. The van der Waals surface area contributed by atoms with Crippen LogP contribution in [0.25, 0.3) is 0 Å². The predicted molar refractivity (Wildman–Crippen MR) is 67.7 cm³/mol. The molecule has 1 nitrogen and oxygen atoms in total. The van der Waals surface area contributed by atoms with Crippen LogP contribution in [0.1, 0.15) is 38.7 Å². The molecule has 0 heterocycles. The van der Waals surface area contributed by atoms with E-state index in [1.54, 1.807) is 0 Å². The molecule has 1 fully saturated rings. The maximum atomic E-state index is 10.7. The summed E-state index contributed by atoms with van der Waals surface area (Å²) in [4.78, 5) is 0. The van der Waals surface area contributed by atoms with Crippen molar-refractivity contribution in [3.8, 4) is 0 Å². The number of hydrogen-bond acceptors (Lipinski definition) is 1. The van der Waals surface area contributed by atoms with Crippen LogP contribution in [0.5, 0.6) is 0 Å². The summed E-state index contributed by atoms with van der Waals surface area (Å²) in [6.07, 6.45) is 3.74. The van der Waals surface area contributed by atoms with Crippen molar-refractivity contribution >= 4 is 11.6 Å². The molecular weight excluding hydrogens is 220 g/mol. The number of hydrogen-bond donors (Lipinski definition) is 1. The maximum Gasteiger partial charge on any atom is 0.0739 e. The van der Waals surface area contributed by atoms with Gasteiger partial charge >= 0.3 is 0 Å². The molecule has 16 heavy (non-hydrogen) atoms. The van der Waals surface area contributed by atoms with Gasteiger partial charge in [0.25, 0.3) is 0 Å². The Labute approximate surface area is 102 Å². The van der Waals surface area contributed by atoms with Gasteiger partial charge in [0.2, 0.25) is 0 Å². The van der Waals surface area contributed by atoms with E-state index in [-0.39, 0.29) is 5.41 Å². The summed E-state index contributed by atoms with van der Waals surface area (Å²) in [5.74, 6) is 0. The van der Waals surface area contributed by atoms with E-state index in [9.17, 15) is 5.11 Å². The molecule has 0 amide bonds. The van der Waals surface area contributed by atoms with Gasteiger partial charge in [0.05, 0.1) is 5.60 Å². The first-order valence-corrected chi connectivity index (χ1v) is 6.28. The van der Waals surface area contributed by atoms with Crippen LogP contribution in [-0.4, -0.2) is 10.7 Å². The molecule has 2 heteroatoms. The molecule has 0 aliphatic heterocycles. The molecule has 1 aliphatic carbocycles. The lowest BCUT2D eigenvalue weighted by molar-refractivity contribution is -0.0419. The fourth-order valence-electron chi connectivity index (χ4n) is 2.68. The van der Waals surface area contributed by atoms with E-state index >= 15 is 0 Å². The van der Waals surface area contributed by atoms with Gasteiger partial charge in [-0.2, -0.15) is 0 Å². The van der Waals surface area contributed by atoms with Crippen LogP contribution in [0.2, 0.25) is 5.02 Å². The SMILES string of the molecule is CC1(C)CCCC1(O)Cc1ccccc1Cl. The molecule has 1 saturated carbocycles. The summed E-state index contributed by atoms with van der Waals surface area (Å²) in [5.41, 5.74) is 0.450. The second kappa shape index (κ2) is 4.05. The van der Waals surface area contributed by atoms with E-state index in [0.717, 1.165) is 29.8 Å². The number of aliphatic hydroxyl groups is 1. The van der Waals surface area contributed by atoms with Crippen molar-refractivity contribution in [2.75, 3.05) is 0 Å². The van der Waals surface area contributed by atoms with Crippen molar-refractivity contribution in [2.45, 2.75) is 45.1 Å². The third-order valence-electron chi connectivity index (χ3n) is 4.09. The quantitative estimate of drug-likeness (QED) is 0.831. The summed E-state index contributed by atoms with van der Waals surface area (Å²) in [5, 5.41) is 11.5. The van der Waals surface area contributed by atoms with E-state index in [0.29, 0.717) is 6.42 Å². The lowest BCUT2D eigenvalue weighted by Crippen LogP contribution is -2.41. The smallest absolute Gasteiger partial charge is 0.0739 e. The van der Waals surface area contributed by atoms with Crippen LogP contribution in [0.15, 0.2) is 24.3 Å². The maximum absolute atomic E-state index is 10.7. The molecule has 1 N–H and O–H groups in total. The second-order valence-electron chi connectivity index (χ2n) is 5.54. The molecular formula is C14H19ClO. The molecule has 0 radical (unpaired) electrons. The van der Waals surface area contributed by atoms with Gasteiger partial charge in [-0.05, 0) is 36.3 Å². The molecule has 1 aromatic carbocycles. The first-order chi connectivity index (χ1) is 7.45. The van der Waals surface area contributed by atoms with Gasteiger partial charge in [-0.15, -0.1) is 0 Å². The first-order valence-electron chi connectivity index (χ1n) is 5.90. The van der Waals surface area contributed by atoms with Crippen molar-refractivity contribution < 1.29 is 5.11 Å². The second-order valence-corrected chi connectivity index (χ2v) is 5.94. The van der Waals surface area contributed by atoms with Gasteiger partial charge < -0.3 is 5.11 Å². The molecule has 1 aliphatic rings. The minimum Gasteiger partial charge on any atom is -0.389 e. The van der Waals surface area contributed by atoms with Crippen LogP contribution in [-0.2, 0) is 6.42 Å². The lowest BCUT2D eigenvalue weighted by Gasteiger charge is -2.37. The molecule has 0 saturated heterocycles. The van der Waals surface area contributed by atoms with Crippen molar-refractivity contribution in [1.29, 1.82) is 0 Å². The van der Waals surface area contributed by atoms with E-state index in [1.807, 2.05) is 24.3 Å². The van der Waals surface area contributed by atoms with Gasteiger partial charge in [-0.3, -0.25) is 0 Å². The van der Waals surface area contributed by atoms with Crippen molar-refractivity contribution in [1.82, 2.24) is 0 Å². The zero-order valence-corrected chi connectivity index (χ0v) is 10.7. The molecule has 0 spiro atoms. The lowest BCUT2D eigenvalue weighted by atomic mass is 9.74. The Kier molecular flexibility index (Phi) is 3.02. The largest absolute Gasteiger partial charge is 0.389 e. The van der Waals surface area contributed by atoms with Crippen LogP contribution < -0.4 is 0 Å². The standard InChI is InChI=1S/C14H19ClO/c1-13(2)8-5-9-14(13,16)10-11-6-3-4-7-12(11)15/h3-4,6-7,16H,5,8-10H2,1-2H3. The molecule has 88 valence electrons. The Morgan fingerprint density at radius 1 is 1.25 bits per heavy atom. The monoisotopic (exact) mass is 238 g/mol. The fraction of sp³-hybridized carbons (Fsp3) is 0.571. The van der Waals surface area contributed by atoms with Gasteiger partial charge in [-0.1, -0.05) is 43.6 Å². The van der Waals surface area contributed by atoms with Gasteiger partial charge in [-0.25, -0.2) is 0 Å². The van der Waals surface area contributed by atoms with Crippen LogP contribution in [0, 0.1) is 5.41 Å². The van der Waals surface area contributed by atoms with E-state index in [1.165, 1.54) is 0 Å². The van der Waals surface area contributed by atoms with Gasteiger partial charge in [0, 0.05) is 11.4 Å². The summed E-state index contributed by atoms with van der Waals surface area (Å²) >= 11 is 6.15. The topological polar surface area (TPSA) is 20.2 Å². The molecule has 0 bridgehead atoms. The fourth-order valence-corrected chi connectivity index (χ4v) is 2.88. The minimum atomic E-state index is -0.599. The van der Waals surface area contributed by atoms with Crippen molar-refractivity contribution in [3.05, 3.63) is 34.9 Å². The van der Waals surface area contributed by atoms with Crippen LogP contribution in [0.4, 0.5) is 0 Å². The Bertz CT molecular complexity index is 386. The number of halogens is 1. The summed E-state index contributed by atoms with van der Waals surface area (Å²) < 4.78 is 0. The van der Waals surface area contributed by atoms with Crippen LogP contribution >= 0.6 is 11.6 Å². The van der Waals surface area contributed by atoms with Crippen molar-refractivity contribution in [3.63, 3.8) is 0 Å². The van der Waals surface area contributed by atoms with Gasteiger partial charge in [0.15, 0.2) is 0 Å². The van der Waals surface area contributed by atoms with Gasteiger partial charge in [0.1, 0.15) is 0 Å². The highest BCUT2D eigenvalue weighted by Gasteiger charge is 2.47. The summed E-state index contributed by atoms with van der Waals surface area (Å²) in [6.45, 7) is 4.30. The zero-order chi connectivity index (χ0) is 11.8. The van der Waals surface area contributed by atoms with Crippen LogP contribution in [0.3, 0.4) is 0 Å². The third kappa shape index (κ3) is 1.99. The molecule has 1 unspecified atom stereocenters. The van der Waals surface area contributed by atoms with Crippen molar-refractivity contribution in [2.24, 2.45) is 5.41 Å². The number of rotatable bonds is 2. The Morgan fingerprint density at radius 3 is 2.50 bits per heavy atom. The highest BCUT2D eigenvalue weighted by Crippen LogP contribution is 2.48. The third-order valence-corrected chi connectivity index (χ3v) is 4.46. The summed E-state index contributed by atoms with van der Waals surface area (Å²) in [7, 11) is 0.